The molecule has 1 aromatic carbocycles. The second-order valence-electron chi connectivity index (χ2n) is 4.98. The highest BCUT2D eigenvalue weighted by molar-refractivity contribution is 7.07. The van der Waals surface area contributed by atoms with E-state index in [0.717, 1.165) is 11.3 Å². The highest BCUT2D eigenvalue weighted by Gasteiger charge is 2.37. The normalized spacial score (nSPS) is 14.0. The number of carboxylic acid groups (broad SMARTS) is 1. The highest BCUT2D eigenvalue weighted by atomic mass is 32.1. The maximum absolute atomic E-state index is 13.1. The van der Waals surface area contributed by atoms with Gasteiger partial charge in [-0.15, -0.1) is 0 Å². The second kappa shape index (κ2) is 7.19. The van der Waals surface area contributed by atoms with Crippen molar-refractivity contribution in [1.29, 1.82) is 0 Å². The average molecular weight is 377 g/mol. The summed E-state index contributed by atoms with van der Waals surface area (Å²) in [7, 11) is 0. The van der Waals surface area contributed by atoms with E-state index in [1.54, 1.807) is 5.38 Å². The molecular formula is C15H11F4NO4S. The number of hydrogen-bond donors (Lipinski definition) is 3. The predicted octanol–water partition coefficient (Wildman–Crippen LogP) is 2.82. The molecule has 1 aromatic heterocycles. The van der Waals surface area contributed by atoms with Crippen LogP contribution in [0.1, 0.15) is 27.6 Å². The van der Waals surface area contributed by atoms with E-state index < -0.39 is 47.1 Å². The average Bonchev–Trinajstić information content (AvgIpc) is 3.04. The summed E-state index contributed by atoms with van der Waals surface area (Å²) in [5.74, 6) is -4.23. The summed E-state index contributed by atoms with van der Waals surface area (Å²) >= 11 is 1.16. The van der Waals surface area contributed by atoms with Gasteiger partial charge in [0.05, 0.1) is 11.1 Å². The summed E-state index contributed by atoms with van der Waals surface area (Å²) in [4.78, 5) is 23.4. The van der Waals surface area contributed by atoms with Crippen molar-refractivity contribution in [2.24, 2.45) is 0 Å². The Balaban J connectivity index is 2.32. The molecule has 1 heterocycles. The number of carbonyl (C=O) groups is 2. The van der Waals surface area contributed by atoms with Crippen molar-refractivity contribution in [3.63, 3.8) is 0 Å². The number of hydrogen-bond acceptors (Lipinski definition) is 4. The monoisotopic (exact) mass is 377 g/mol. The molecule has 10 heteroatoms. The van der Waals surface area contributed by atoms with Gasteiger partial charge >= 0.3 is 12.1 Å². The van der Waals surface area contributed by atoms with Gasteiger partial charge in [-0.3, -0.25) is 4.79 Å². The molecule has 0 aliphatic heterocycles. The van der Waals surface area contributed by atoms with Crippen LogP contribution in [0.5, 0.6) is 0 Å². The molecule has 0 saturated carbocycles. The molecule has 25 heavy (non-hydrogen) atoms. The fourth-order valence-electron chi connectivity index (χ4n) is 2.08. The van der Waals surface area contributed by atoms with Crippen LogP contribution in [0.25, 0.3) is 0 Å². The number of aliphatic hydroxyl groups is 1. The van der Waals surface area contributed by atoms with Gasteiger partial charge in [-0.1, -0.05) is 0 Å². The molecule has 5 nitrogen and oxygen atoms in total. The first-order valence-corrected chi connectivity index (χ1v) is 7.66. The van der Waals surface area contributed by atoms with Crippen LogP contribution < -0.4 is 5.32 Å². The standard InChI is InChI=1S/C15H11F4NO4S/c16-8-1-2-9(10(5-8)15(17,18)19)13(22)20-11(14(23)24)12(21)7-3-4-25-6-7/h1-6,11-12,21H,(H,20,22)(H,23,24)/t11-,12+/m0/s1. The Kier molecular flexibility index (Phi) is 5.43. The number of carboxylic acids is 1. The van der Waals surface area contributed by atoms with Crippen LogP contribution in [0.15, 0.2) is 35.0 Å². The Morgan fingerprint density at radius 3 is 2.40 bits per heavy atom. The Morgan fingerprint density at radius 1 is 1.20 bits per heavy atom. The number of nitrogens with one attached hydrogen (secondary N) is 1. The molecule has 0 aliphatic carbocycles. The molecule has 0 saturated heterocycles. The lowest BCUT2D eigenvalue weighted by atomic mass is 10.0. The Labute approximate surface area is 142 Å². The van der Waals surface area contributed by atoms with E-state index in [-0.39, 0.29) is 11.6 Å². The molecule has 0 aliphatic rings. The predicted molar refractivity (Wildman–Crippen MR) is 79.6 cm³/mol. The maximum atomic E-state index is 13.1. The van der Waals surface area contributed by atoms with E-state index in [9.17, 15) is 32.3 Å². The topological polar surface area (TPSA) is 86.6 Å². The number of benzene rings is 1. The molecule has 2 atom stereocenters. The van der Waals surface area contributed by atoms with Gasteiger partial charge in [-0.25, -0.2) is 9.18 Å². The summed E-state index contributed by atoms with van der Waals surface area (Å²) in [5.41, 5.74) is -2.30. The first-order chi connectivity index (χ1) is 11.6. The van der Waals surface area contributed by atoms with Crippen molar-refractivity contribution in [3.8, 4) is 0 Å². The molecule has 134 valence electrons. The first-order valence-electron chi connectivity index (χ1n) is 6.72. The number of thiophene rings is 1. The SMILES string of the molecule is O=C(N[C@H](C(=O)O)[C@H](O)c1ccsc1)c1ccc(F)cc1C(F)(F)F. The van der Waals surface area contributed by atoms with E-state index >= 15 is 0 Å². The minimum absolute atomic E-state index is 0.139. The zero-order valence-electron chi connectivity index (χ0n) is 12.2. The van der Waals surface area contributed by atoms with Gasteiger partial charge < -0.3 is 15.5 Å². The van der Waals surface area contributed by atoms with Crippen molar-refractivity contribution in [1.82, 2.24) is 5.32 Å². The van der Waals surface area contributed by atoms with Crippen LogP contribution in [0.3, 0.4) is 0 Å². The molecule has 1 amide bonds. The first kappa shape index (κ1) is 18.9. The minimum Gasteiger partial charge on any atom is -0.480 e. The number of halogens is 4. The molecule has 0 fully saturated rings. The number of rotatable bonds is 5. The third kappa shape index (κ3) is 4.34. The van der Waals surface area contributed by atoms with Crippen molar-refractivity contribution in [3.05, 3.63) is 57.5 Å². The quantitative estimate of drug-likeness (QED) is 0.700. The lowest BCUT2D eigenvalue weighted by molar-refractivity contribution is -0.142. The van der Waals surface area contributed by atoms with Crippen LogP contribution in [-0.2, 0) is 11.0 Å². The molecule has 2 rings (SSSR count). The molecule has 2 aromatic rings. The van der Waals surface area contributed by atoms with Crippen LogP contribution in [0, 0.1) is 5.82 Å². The number of aliphatic carboxylic acids is 1. The largest absolute Gasteiger partial charge is 0.480 e. The summed E-state index contributed by atoms with van der Waals surface area (Å²) in [6, 6.07) is 0.919. The van der Waals surface area contributed by atoms with E-state index in [4.69, 9.17) is 5.11 Å². The fourth-order valence-corrected chi connectivity index (χ4v) is 2.77. The Hall–Kier alpha value is -2.46. The van der Waals surface area contributed by atoms with E-state index in [1.165, 1.54) is 11.4 Å². The molecule has 0 bridgehead atoms. The number of alkyl halides is 3. The van der Waals surface area contributed by atoms with E-state index in [1.807, 2.05) is 5.32 Å². The fraction of sp³-hybridized carbons (Fsp3) is 0.200. The smallest absolute Gasteiger partial charge is 0.417 e. The number of carbonyl (C=O) groups excluding carboxylic acids is 1. The van der Waals surface area contributed by atoms with Crippen molar-refractivity contribution < 1.29 is 37.4 Å². The van der Waals surface area contributed by atoms with Crippen LogP contribution in [0.2, 0.25) is 0 Å². The van der Waals surface area contributed by atoms with Crippen molar-refractivity contribution in [2.45, 2.75) is 18.3 Å². The van der Waals surface area contributed by atoms with Gasteiger partial charge in [-0.05, 0) is 40.6 Å². The lowest BCUT2D eigenvalue weighted by Gasteiger charge is -2.21. The highest BCUT2D eigenvalue weighted by Crippen LogP contribution is 2.32. The van der Waals surface area contributed by atoms with Gasteiger partial charge in [0.25, 0.3) is 5.91 Å². The summed E-state index contributed by atoms with van der Waals surface area (Å²) in [5, 5.41) is 24.0. The summed E-state index contributed by atoms with van der Waals surface area (Å²) in [6.45, 7) is 0. The molecule has 0 radical (unpaired) electrons. The summed E-state index contributed by atoms with van der Waals surface area (Å²) in [6.07, 6.45) is -6.68. The zero-order valence-corrected chi connectivity index (χ0v) is 13.1. The van der Waals surface area contributed by atoms with E-state index in [0.29, 0.717) is 12.1 Å². The molecular weight excluding hydrogens is 366 g/mol. The van der Waals surface area contributed by atoms with Crippen molar-refractivity contribution in [2.75, 3.05) is 0 Å². The van der Waals surface area contributed by atoms with Gasteiger partial charge in [0, 0.05) is 0 Å². The number of aliphatic hydroxyl groups excluding tert-OH is 1. The third-order valence-electron chi connectivity index (χ3n) is 3.28. The van der Waals surface area contributed by atoms with Crippen LogP contribution >= 0.6 is 11.3 Å². The van der Waals surface area contributed by atoms with Gasteiger partial charge in [-0.2, -0.15) is 24.5 Å². The Bertz CT molecular complexity index is 776. The lowest BCUT2D eigenvalue weighted by Crippen LogP contribution is -2.45. The number of amides is 1. The minimum atomic E-state index is -5.01. The Morgan fingerprint density at radius 2 is 1.88 bits per heavy atom. The van der Waals surface area contributed by atoms with Gasteiger partial charge in [0.2, 0.25) is 0 Å². The van der Waals surface area contributed by atoms with Crippen LogP contribution in [0.4, 0.5) is 17.6 Å². The zero-order chi connectivity index (χ0) is 18.8. The van der Waals surface area contributed by atoms with E-state index in [2.05, 4.69) is 0 Å². The van der Waals surface area contributed by atoms with Crippen LogP contribution in [-0.4, -0.2) is 28.1 Å². The van der Waals surface area contributed by atoms with Gasteiger partial charge in [0.1, 0.15) is 11.9 Å². The maximum Gasteiger partial charge on any atom is 0.417 e. The third-order valence-corrected chi connectivity index (χ3v) is 3.99. The summed E-state index contributed by atoms with van der Waals surface area (Å²) < 4.78 is 51.9. The molecule has 0 unspecified atom stereocenters. The van der Waals surface area contributed by atoms with Crippen molar-refractivity contribution >= 4 is 23.2 Å². The molecule has 0 spiro atoms. The molecule has 3 N–H and O–H groups in total. The second-order valence-corrected chi connectivity index (χ2v) is 5.76. The van der Waals surface area contributed by atoms with Gasteiger partial charge in [0.15, 0.2) is 6.04 Å².